The predicted octanol–water partition coefficient (Wildman–Crippen LogP) is 7.47. The molecule has 0 saturated heterocycles. The first-order chi connectivity index (χ1) is 13.7. The first-order valence-electron chi connectivity index (χ1n) is 12.4. The average molecular weight is 397 g/mol. The molecule has 0 radical (unpaired) electrons. The van der Waals surface area contributed by atoms with Crippen LogP contribution in [0.3, 0.4) is 0 Å². The largest absolute Gasteiger partial charge is 0.393 e. The van der Waals surface area contributed by atoms with Crippen LogP contribution in [0.1, 0.15) is 92.9 Å². The van der Waals surface area contributed by atoms with Crippen LogP contribution >= 0.6 is 0 Å². The normalized spacial score (nSPS) is 41.8. The van der Waals surface area contributed by atoms with E-state index in [2.05, 4.69) is 59.8 Å². The molecule has 0 aromatic rings. The molecular weight excluding hydrogens is 352 g/mol. The summed E-state index contributed by atoms with van der Waals surface area (Å²) in [6, 6.07) is 0. The van der Waals surface area contributed by atoms with Gasteiger partial charge in [0.25, 0.3) is 0 Å². The van der Waals surface area contributed by atoms with E-state index in [1.807, 2.05) is 5.57 Å². The molecule has 1 nitrogen and oxygen atoms in total. The second-order valence-electron chi connectivity index (χ2n) is 11.8. The fourth-order valence-electron chi connectivity index (χ4n) is 7.51. The van der Waals surface area contributed by atoms with Gasteiger partial charge >= 0.3 is 0 Å². The van der Waals surface area contributed by atoms with E-state index in [0.29, 0.717) is 17.3 Å². The maximum atomic E-state index is 10.2. The molecule has 0 aromatic carbocycles. The summed E-state index contributed by atoms with van der Waals surface area (Å²) >= 11 is 0. The highest BCUT2D eigenvalue weighted by Crippen LogP contribution is 2.64. The molecule has 1 heteroatoms. The third kappa shape index (κ3) is 3.50. The number of aliphatic hydroxyl groups excluding tert-OH is 1. The van der Waals surface area contributed by atoms with Crippen molar-refractivity contribution in [2.45, 2.75) is 99.0 Å². The van der Waals surface area contributed by atoms with Crippen molar-refractivity contribution in [3.63, 3.8) is 0 Å². The van der Waals surface area contributed by atoms with Crippen molar-refractivity contribution in [2.24, 2.45) is 40.4 Å². The van der Waals surface area contributed by atoms with Gasteiger partial charge in [0, 0.05) is 5.41 Å². The number of rotatable bonds is 4. The van der Waals surface area contributed by atoms with Crippen LogP contribution in [-0.2, 0) is 0 Å². The van der Waals surface area contributed by atoms with Crippen molar-refractivity contribution in [1.29, 1.82) is 0 Å². The van der Waals surface area contributed by atoms with Crippen LogP contribution in [0.4, 0.5) is 0 Å². The summed E-state index contributed by atoms with van der Waals surface area (Å²) in [6.07, 6.45) is 17.1. The summed E-state index contributed by atoms with van der Waals surface area (Å²) < 4.78 is 0. The molecule has 2 saturated carbocycles. The Morgan fingerprint density at radius 2 is 1.79 bits per heavy atom. The van der Waals surface area contributed by atoms with Gasteiger partial charge in [-0.15, -0.1) is 0 Å². The molecule has 0 spiro atoms. The lowest BCUT2D eigenvalue weighted by atomic mass is 9.53. The number of hydrogen-bond acceptors (Lipinski definition) is 1. The highest BCUT2D eigenvalue weighted by Gasteiger charge is 2.54. The average Bonchev–Trinajstić information content (AvgIpc) is 3.03. The molecule has 4 aliphatic carbocycles. The molecule has 2 fully saturated rings. The molecular formula is C28H44O. The maximum Gasteiger partial charge on any atom is 0.0578 e. The zero-order valence-corrected chi connectivity index (χ0v) is 19.8. The van der Waals surface area contributed by atoms with Crippen LogP contribution in [0.25, 0.3) is 0 Å². The minimum atomic E-state index is -0.109. The van der Waals surface area contributed by atoms with E-state index in [-0.39, 0.29) is 11.5 Å². The van der Waals surface area contributed by atoms with E-state index in [9.17, 15) is 5.11 Å². The zero-order valence-electron chi connectivity index (χ0n) is 19.8. The van der Waals surface area contributed by atoms with Crippen molar-refractivity contribution in [3.8, 4) is 0 Å². The Kier molecular flexibility index (Phi) is 5.69. The highest BCUT2D eigenvalue weighted by atomic mass is 16.3. The molecule has 0 amide bonds. The summed E-state index contributed by atoms with van der Waals surface area (Å²) in [5.74, 6) is 3.69. The smallest absolute Gasteiger partial charge is 0.0578 e. The van der Waals surface area contributed by atoms with Crippen LogP contribution in [0, 0.1) is 40.4 Å². The van der Waals surface area contributed by atoms with Crippen molar-refractivity contribution in [3.05, 3.63) is 34.9 Å². The van der Waals surface area contributed by atoms with E-state index in [4.69, 9.17) is 0 Å². The predicted molar refractivity (Wildman–Crippen MR) is 124 cm³/mol. The second kappa shape index (κ2) is 7.70. The first-order valence-corrected chi connectivity index (χ1v) is 12.4. The fraction of sp³-hybridized carbons (Fsp3) is 0.786. The van der Waals surface area contributed by atoms with Gasteiger partial charge in [0.2, 0.25) is 0 Å². The van der Waals surface area contributed by atoms with E-state index in [1.165, 1.54) is 25.7 Å². The van der Waals surface area contributed by atoms with Crippen LogP contribution in [-0.4, -0.2) is 11.2 Å². The van der Waals surface area contributed by atoms with Gasteiger partial charge in [-0.2, -0.15) is 0 Å². The second-order valence-corrected chi connectivity index (χ2v) is 11.8. The summed E-state index contributed by atoms with van der Waals surface area (Å²) in [7, 11) is 0. The maximum absolute atomic E-state index is 10.2. The third-order valence-corrected chi connectivity index (χ3v) is 9.91. The van der Waals surface area contributed by atoms with Gasteiger partial charge in [0.15, 0.2) is 0 Å². The van der Waals surface area contributed by atoms with E-state index < -0.39 is 0 Å². The Balaban J connectivity index is 1.57. The molecule has 7 unspecified atom stereocenters. The van der Waals surface area contributed by atoms with Crippen molar-refractivity contribution < 1.29 is 5.11 Å². The number of fused-ring (bicyclic) bond motifs is 4. The molecule has 1 N–H and O–H groups in total. The fourth-order valence-corrected chi connectivity index (χ4v) is 7.51. The molecule has 4 aliphatic rings. The van der Waals surface area contributed by atoms with Crippen LogP contribution < -0.4 is 0 Å². The molecule has 7 atom stereocenters. The first kappa shape index (κ1) is 21.4. The molecule has 162 valence electrons. The van der Waals surface area contributed by atoms with Crippen LogP contribution in [0.15, 0.2) is 34.9 Å². The molecule has 4 rings (SSSR count). The summed E-state index contributed by atoms with van der Waals surface area (Å²) in [5.41, 5.74) is 5.88. The van der Waals surface area contributed by atoms with Gasteiger partial charge in [0.1, 0.15) is 0 Å². The lowest BCUT2D eigenvalue weighted by molar-refractivity contribution is 0.0971. The van der Waals surface area contributed by atoms with Crippen LogP contribution in [0.5, 0.6) is 0 Å². The monoisotopic (exact) mass is 396 g/mol. The Bertz CT molecular complexity index is 725. The standard InChI is InChI=1S/C28H44O/c1-18(2)19(3)7-8-20(4)24-11-12-25-23-10-9-21-17-22(29)13-15-27(21,5)26(23)14-16-28(24,25)6/h7-9,18-20,22,24-25,29H,10-17H2,1-6H3. The lowest BCUT2D eigenvalue weighted by Crippen LogP contribution is -2.41. The minimum absolute atomic E-state index is 0.109. The summed E-state index contributed by atoms with van der Waals surface area (Å²) in [6.45, 7) is 14.6. The van der Waals surface area contributed by atoms with Gasteiger partial charge in [-0.1, -0.05) is 76.5 Å². The van der Waals surface area contributed by atoms with Gasteiger partial charge < -0.3 is 5.11 Å². The highest BCUT2D eigenvalue weighted by molar-refractivity contribution is 5.43. The SMILES string of the molecule is CC(C)C(C)C=CC(C)C1CCC2C3=C(CCC21C)C1(C)CCC(O)CC1=CC3. The van der Waals surface area contributed by atoms with Crippen LogP contribution in [0.2, 0.25) is 0 Å². The van der Waals surface area contributed by atoms with E-state index in [0.717, 1.165) is 43.4 Å². The Hall–Kier alpha value is -0.820. The number of hydrogen-bond donors (Lipinski definition) is 1. The Labute approximate surface area is 179 Å². The molecule has 0 aliphatic heterocycles. The number of aliphatic hydroxyl groups is 1. The molecule has 0 heterocycles. The summed E-state index contributed by atoms with van der Waals surface area (Å²) in [4.78, 5) is 0. The number of allylic oxidation sites excluding steroid dienone is 5. The Morgan fingerprint density at radius 3 is 2.52 bits per heavy atom. The molecule has 0 bridgehead atoms. The molecule has 29 heavy (non-hydrogen) atoms. The van der Waals surface area contributed by atoms with Gasteiger partial charge in [-0.05, 0) is 86.4 Å². The van der Waals surface area contributed by atoms with E-state index >= 15 is 0 Å². The van der Waals surface area contributed by atoms with Gasteiger partial charge in [-0.3, -0.25) is 0 Å². The Morgan fingerprint density at radius 1 is 1.03 bits per heavy atom. The van der Waals surface area contributed by atoms with Crippen molar-refractivity contribution in [1.82, 2.24) is 0 Å². The topological polar surface area (TPSA) is 20.2 Å². The zero-order chi connectivity index (χ0) is 21.0. The lowest BCUT2D eigenvalue weighted by Gasteiger charge is -2.52. The van der Waals surface area contributed by atoms with Gasteiger partial charge in [0.05, 0.1) is 6.10 Å². The minimum Gasteiger partial charge on any atom is -0.393 e. The summed E-state index contributed by atoms with van der Waals surface area (Å²) in [5, 5.41) is 10.2. The third-order valence-electron chi connectivity index (χ3n) is 9.91. The molecule has 0 aromatic heterocycles. The van der Waals surface area contributed by atoms with Crippen molar-refractivity contribution in [2.75, 3.05) is 0 Å². The van der Waals surface area contributed by atoms with E-state index in [1.54, 1.807) is 11.1 Å². The quantitative estimate of drug-likeness (QED) is 0.488. The van der Waals surface area contributed by atoms with Gasteiger partial charge in [-0.25, -0.2) is 0 Å². The van der Waals surface area contributed by atoms with Crippen molar-refractivity contribution >= 4 is 0 Å².